The molecule has 1 aliphatic heterocycles. The Hall–Kier alpha value is -1.29. The molecule has 0 atom stereocenters. The third-order valence-electron chi connectivity index (χ3n) is 2.70. The lowest BCUT2D eigenvalue weighted by molar-refractivity contribution is 0.0793. The summed E-state index contributed by atoms with van der Waals surface area (Å²) >= 11 is 0. The van der Waals surface area contributed by atoms with Crippen molar-refractivity contribution in [3.05, 3.63) is 29.8 Å². The van der Waals surface area contributed by atoms with Crippen molar-refractivity contribution >= 4 is 18.9 Å². The Kier molecular flexibility index (Phi) is 3.06. The van der Waals surface area contributed by atoms with E-state index in [9.17, 15) is 4.79 Å². The molecule has 4 heteroatoms. The maximum Gasteiger partial charge on any atom is 0.326 e. The molecule has 15 heavy (non-hydrogen) atoms. The molecule has 1 amide bonds. The lowest BCUT2D eigenvalue weighted by Gasteiger charge is -2.15. The van der Waals surface area contributed by atoms with Gasteiger partial charge < -0.3 is 9.92 Å². The summed E-state index contributed by atoms with van der Waals surface area (Å²) in [6, 6.07) is 6.98. The van der Waals surface area contributed by atoms with Gasteiger partial charge in [0.05, 0.1) is 0 Å². The first-order valence-corrected chi connectivity index (χ1v) is 5.18. The monoisotopic (exact) mass is 202 g/mol. The Balaban J connectivity index is 2.11. The third kappa shape index (κ3) is 2.21. The fourth-order valence-electron chi connectivity index (χ4n) is 1.81. The van der Waals surface area contributed by atoms with Crippen molar-refractivity contribution in [2.75, 3.05) is 13.1 Å². The molecule has 0 unspecified atom stereocenters. The predicted octanol–water partition coefficient (Wildman–Crippen LogP) is 0.159. The molecule has 1 N–H and O–H groups in total. The topological polar surface area (TPSA) is 40.5 Å². The smallest absolute Gasteiger partial charge is 0.326 e. The second-order valence-corrected chi connectivity index (χ2v) is 3.75. The van der Waals surface area contributed by atoms with E-state index in [1.54, 1.807) is 24.3 Å². The van der Waals surface area contributed by atoms with Gasteiger partial charge in [0.2, 0.25) is 0 Å². The number of carbonyl (C=O) groups is 1. The number of benzene rings is 1. The van der Waals surface area contributed by atoms with E-state index >= 15 is 0 Å². The maximum absolute atomic E-state index is 11.9. The van der Waals surface area contributed by atoms with Gasteiger partial charge in [-0.05, 0) is 25.0 Å². The zero-order valence-corrected chi connectivity index (χ0v) is 8.52. The Labute approximate surface area is 90.0 Å². The normalized spacial score (nSPS) is 15.4. The fourth-order valence-corrected chi connectivity index (χ4v) is 1.81. The van der Waals surface area contributed by atoms with Crippen molar-refractivity contribution in [1.82, 2.24) is 4.90 Å². The summed E-state index contributed by atoms with van der Waals surface area (Å²) in [4.78, 5) is 13.8. The lowest BCUT2D eigenvalue weighted by Crippen LogP contribution is -2.28. The summed E-state index contributed by atoms with van der Waals surface area (Å²) in [7, 11) is 1.03. The Morgan fingerprint density at radius 1 is 1.20 bits per heavy atom. The summed E-state index contributed by atoms with van der Waals surface area (Å²) in [6.07, 6.45) is 2.21. The van der Waals surface area contributed by atoms with E-state index in [0.717, 1.165) is 33.4 Å². The van der Waals surface area contributed by atoms with Gasteiger partial charge in [0, 0.05) is 18.7 Å². The molecule has 0 saturated carbocycles. The molecule has 1 aliphatic rings. The number of amides is 1. The first-order valence-electron chi connectivity index (χ1n) is 5.18. The van der Waals surface area contributed by atoms with Crippen LogP contribution in [0.5, 0.6) is 0 Å². The van der Waals surface area contributed by atoms with Crippen LogP contribution in [0.1, 0.15) is 23.2 Å². The van der Waals surface area contributed by atoms with Crippen LogP contribution >= 0.6 is 0 Å². The van der Waals surface area contributed by atoms with Crippen LogP contribution in [0.3, 0.4) is 0 Å². The molecule has 0 bridgehead atoms. The molecule has 0 aromatic heterocycles. The van der Waals surface area contributed by atoms with E-state index in [1.807, 2.05) is 4.90 Å². The van der Waals surface area contributed by atoms with Gasteiger partial charge in [-0.2, -0.15) is 0 Å². The van der Waals surface area contributed by atoms with Crippen LogP contribution in [-0.4, -0.2) is 36.4 Å². The van der Waals surface area contributed by atoms with Gasteiger partial charge in [-0.1, -0.05) is 17.6 Å². The van der Waals surface area contributed by atoms with Crippen LogP contribution in [0.25, 0.3) is 0 Å². The Bertz CT molecular complexity index is 344. The van der Waals surface area contributed by atoms with Crippen LogP contribution in [0, 0.1) is 0 Å². The first kappa shape index (κ1) is 10.2. The quantitative estimate of drug-likeness (QED) is 0.694. The van der Waals surface area contributed by atoms with Gasteiger partial charge >= 0.3 is 7.48 Å². The van der Waals surface area contributed by atoms with Crippen LogP contribution in [0.4, 0.5) is 0 Å². The van der Waals surface area contributed by atoms with E-state index in [1.165, 1.54) is 0 Å². The zero-order chi connectivity index (χ0) is 10.7. The molecule has 1 heterocycles. The van der Waals surface area contributed by atoms with Crippen molar-refractivity contribution in [3.63, 3.8) is 0 Å². The summed E-state index contributed by atoms with van der Waals surface area (Å²) in [5.74, 6) is 0.0944. The Morgan fingerprint density at radius 2 is 1.80 bits per heavy atom. The number of carbonyl (C=O) groups excluding carboxylic acids is 1. The van der Waals surface area contributed by atoms with Crippen molar-refractivity contribution < 1.29 is 9.82 Å². The number of rotatable bonds is 2. The van der Waals surface area contributed by atoms with Gasteiger partial charge in [0.25, 0.3) is 5.91 Å². The summed E-state index contributed by atoms with van der Waals surface area (Å²) in [5, 5.41) is 8.76. The van der Waals surface area contributed by atoms with Gasteiger partial charge in [0.15, 0.2) is 0 Å². The van der Waals surface area contributed by atoms with Gasteiger partial charge in [-0.3, -0.25) is 4.79 Å². The average molecular weight is 202 g/mol. The highest BCUT2D eigenvalue weighted by atomic mass is 16.2. The van der Waals surface area contributed by atoms with Crippen molar-refractivity contribution in [2.24, 2.45) is 0 Å². The highest BCUT2D eigenvalue weighted by molar-refractivity contribution is 6.45. The second kappa shape index (κ2) is 4.49. The van der Waals surface area contributed by atoms with Gasteiger partial charge in [-0.15, -0.1) is 0 Å². The first-order chi connectivity index (χ1) is 7.31. The zero-order valence-electron chi connectivity index (χ0n) is 8.52. The van der Waals surface area contributed by atoms with E-state index in [4.69, 9.17) is 5.02 Å². The van der Waals surface area contributed by atoms with E-state index < -0.39 is 0 Å². The fraction of sp³-hybridized carbons (Fsp3) is 0.364. The van der Waals surface area contributed by atoms with Crippen molar-refractivity contribution in [1.29, 1.82) is 0 Å². The van der Waals surface area contributed by atoms with Crippen molar-refractivity contribution in [2.45, 2.75) is 12.8 Å². The van der Waals surface area contributed by atoms with Crippen LogP contribution in [0.15, 0.2) is 24.3 Å². The largest absolute Gasteiger partial charge is 0.450 e. The van der Waals surface area contributed by atoms with Crippen LogP contribution in [-0.2, 0) is 0 Å². The summed E-state index contributed by atoms with van der Waals surface area (Å²) in [5.41, 5.74) is 1.41. The minimum atomic E-state index is 0.0944. The number of hydrogen-bond donors (Lipinski definition) is 1. The maximum atomic E-state index is 11.9. The van der Waals surface area contributed by atoms with Crippen molar-refractivity contribution in [3.8, 4) is 0 Å². The number of hydrogen-bond acceptors (Lipinski definition) is 2. The molecule has 1 saturated heterocycles. The molecule has 3 nitrogen and oxygen atoms in total. The highest BCUT2D eigenvalue weighted by Gasteiger charge is 2.18. The van der Waals surface area contributed by atoms with Gasteiger partial charge in [-0.25, -0.2) is 0 Å². The van der Waals surface area contributed by atoms with Crippen LogP contribution < -0.4 is 5.46 Å². The highest BCUT2D eigenvalue weighted by Crippen LogP contribution is 2.11. The third-order valence-corrected chi connectivity index (χ3v) is 2.70. The second-order valence-electron chi connectivity index (χ2n) is 3.75. The van der Waals surface area contributed by atoms with E-state index in [-0.39, 0.29) is 5.91 Å². The molecule has 0 aliphatic carbocycles. The molecular formula is C11H13BNO2. The lowest BCUT2D eigenvalue weighted by atomic mass is 9.88. The molecule has 1 fully saturated rings. The standard InChI is InChI=1S/C11H13BNO2/c14-11(13-7-1-2-8-13)9-3-5-10(12-15)6-4-9/h3-6,15H,1-2,7-8H2. The average Bonchev–Trinajstić information content (AvgIpc) is 2.82. The number of likely N-dealkylation sites (tertiary alicyclic amines) is 1. The van der Waals surface area contributed by atoms with Gasteiger partial charge in [0.1, 0.15) is 0 Å². The molecule has 2 rings (SSSR count). The summed E-state index contributed by atoms with van der Waals surface area (Å²) in [6.45, 7) is 1.74. The van der Waals surface area contributed by atoms with E-state index in [2.05, 4.69) is 0 Å². The summed E-state index contributed by atoms with van der Waals surface area (Å²) < 4.78 is 0. The van der Waals surface area contributed by atoms with E-state index in [0.29, 0.717) is 11.0 Å². The predicted molar refractivity (Wildman–Crippen MR) is 59.2 cm³/mol. The minimum absolute atomic E-state index is 0.0944. The molecule has 0 spiro atoms. The Morgan fingerprint density at radius 3 is 2.33 bits per heavy atom. The minimum Gasteiger partial charge on any atom is -0.450 e. The van der Waals surface area contributed by atoms with Crippen LogP contribution in [0.2, 0.25) is 0 Å². The SMILES string of the molecule is O=C(c1ccc([B]O)cc1)N1CCCC1. The molecular weight excluding hydrogens is 189 g/mol. The molecule has 1 aromatic rings. The molecule has 1 radical (unpaired) electrons. The number of nitrogens with zero attached hydrogens (tertiary/aromatic N) is 1. The molecule has 1 aromatic carbocycles. The molecule has 77 valence electrons.